The molecule has 0 fully saturated rings. The van der Waals surface area contributed by atoms with Crippen molar-refractivity contribution in [1.29, 1.82) is 0 Å². The average Bonchev–Trinajstić information content (AvgIpc) is 1.58. The van der Waals surface area contributed by atoms with Gasteiger partial charge in [0.25, 0.3) is 0 Å². The first-order valence-corrected chi connectivity index (χ1v) is 4.49. The number of hydrogen-bond acceptors (Lipinski definition) is 1. The standard InChI is InChI=1S/C3H6F6NP/c1-2-10-11(7,8,9)3(4,5)6/h10H,2H2,1H3. The fourth-order valence-electron chi connectivity index (χ4n) is 0.348. The molecule has 0 saturated carbocycles. The number of rotatable bonds is 2. The predicted molar refractivity (Wildman–Crippen MR) is 30.0 cm³/mol. The Labute approximate surface area is 59.1 Å². The Balaban J connectivity index is 4.64. The average molecular weight is 201 g/mol. The third kappa shape index (κ3) is 2.20. The molecule has 8 heteroatoms. The normalized spacial score (nSPS) is 17.5. The molecule has 0 aromatic carbocycles. The van der Waals surface area contributed by atoms with Crippen molar-refractivity contribution in [2.24, 2.45) is 0 Å². The Morgan fingerprint density at radius 2 is 1.55 bits per heavy atom. The van der Waals surface area contributed by atoms with Gasteiger partial charge in [-0.05, 0) is 0 Å². The van der Waals surface area contributed by atoms with Crippen LogP contribution in [0.2, 0.25) is 0 Å². The van der Waals surface area contributed by atoms with Gasteiger partial charge in [0.2, 0.25) is 0 Å². The summed E-state index contributed by atoms with van der Waals surface area (Å²) in [7, 11) is -8.12. The zero-order valence-electron chi connectivity index (χ0n) is 5.42. The summed E-state index contributed by atoms with van der Waals surface area (Å²) < 4.78 is 69.4. The van der Waals surface area contributed by atoms with E-state index in [2.05, 4.69) is 0 Å². The van der Waals surface area contributed by atoms with E-state index in [0.717, 1.165) is 6.92 Å². The van der Waals surface area contributed by atoms with Gasteiger partial charge >= 0.3 is 57.9 Å². The van der Waals surface area contributed by atoms with E-state index in [1.54, 1.807) is 0 Å². The van der Waals surface area contributed by atoms with Gasteiger partial charge in [0.15, 0.2) is 0 Å². The molecule has 11 heavy (non-hydrogen) atoms. The summed E-state index contributed by atoms with van der Waals surface area (Å²) in [6.45, 7) is 0.201. The Hall–Kier alpha value is -0.0300. The van der Waals surface area contributed by atoms with Crippen molar-refractivity contribution in [1.82, 2.24) is 5.09 Å². The van der Waals surface area contributed by atoms with Crippen LogP contribution in [0.1, 0.15) is 6.92 Å². The van der Waals surface area contributed by atoms with Crippen LogP contribution in [0.25, 0.3) is 0 Å². The van der Waals surface area contributed by atoms with Crippen molar-refractivity contribution < 1.29 is 25.8 Å². The van der Waals surface area contributed by atoms with E-state index in [1.165, 1.54) is 0 Å². The van der Waals surface area contributed by atoms with E-state index in [0.29, 0.717) is 5.09 Å². The van der Waals surface area contributed by atoms with Crippen LogP contribution in [0.5, 0.6) is 0 Å². The summed E-state index contributed by atoms with van der Waals surface area (Å²) in [5.41, 5.74) is 0. The first-order valence-electron chi connectivity index (χ1n) is 2.58. The molecule has 0 aromatic rings. The molecule has 0 heterocycles. The van der Waals surface area contributed by atoms with Crippen molar-refractivity contribution in [2.45, 2.75) is 12.8 Å². The Kier molecular flexibility index (Phi) is 2.48. The van der Waals surface area contributed by atoms with E-state index >= 15 is 0 Å². The van der Waals surface area contributed by atoms with Gasteiger partial charge in [0, 0.05) is 0 Å². The SMILES string of the molecule is CCNP(F)(F)(F)C(F)(F)F. The van der Waals surface area contributed by atoms with E-state index in [9.17, 15) is 25.8 Å². The summed E-state index contributed by atoms with van der Waals surface area (Å²) in [5, 5.41) is 0.544. The molecule has 70 valence electrons. The van der Waals surface area contributed by atoms with Crippen LogP contribution in [-0.2, 0) is 0 Å². The summed E-state index contributed by atoms with van der Waals surface area (Å²) in [4.78, 5) is 0. The second kappa shape index (κ2) is 2.48. The summed E-state index contributed by atoms with van der Waals surface area (Å²) in [6, 6.07) is 0. The van der Waals surface area contributed by atoms with Crippen molar-refractivity contribution in [3.05, 3.63) is 0 Å². The van der Waals surface area contributed by atoms with Gasteiger partial charge in [0.1, 0.15) is 0 Å². The second-order valence-corrected chi connectivity index (χ2v) is 4.23. The quantitative estimate of drug-likeness (QED) is 0.534. The van der Waals surface area contributed by atoms with E-state index in [-0.39, 0.29) is 0 Å². The zero-order valence-corrected chi connectivity index (χ0v) is 6.32. The molecule has 0 amide bonds. The molecule has 0 bridgehead atoms. The van der Waals surface area contributed by atoms with Gasteiger partial charge in [-0.1, -0.05) is 0 Å². The summed E-state index contributed by atoms with van der Waals surface area (Å²) >= 11 is 0. The molecule has 0 aromatic heterocycles. The van der Waals surface area contributed by atoms with Crippen molar-refractivity contribution in [2.75, 3.05) is 6.54 Å². The molecule has 0 rings (SSSR count). The van der Waals surface area contributed by atoms with Crippen LogP contribution in [0, 0.1) is 0 Å². The van der Waals surface area contributed by atoms with E-state index in [1.807, 2.05) is 0 Å². The Bertz CT molecular complexity index is 144. The number of nitrogens with one attached hydrogen (secondary N) is 1. The van der Waals surface area contributed by atoms with Gasteiger partial charge in [-0.2, -0.15) is 0 Å². The van der Waals surface area contributed by atoms with E-state index < -0.39 is 20.1 Å². The maximum absolute atomic E-state index is 11.8. The first kappa shape index (κ1) is 11.0. The fraction of sp³-hybridized carbons (Fsp3) is 1.00. The van der Waals surface area contributed by atoms with Crippen molar-refractivity contribution in [3.63, 3.8) is 0 Å². The molecule has 0 spiro atoms. The van der Waals surface area contributed by atoms with Crippen LogP contribution in [0.15, 0.2) is 0 Å². The number of hydrogen-bond donors (Lipinski definition) is 1. The van der Waals surface area contributed by atoms with Gasteiger partial charge in [-0.15, -0.1) is 0 Å². The topological polar surface area (TPSA) is 12.0 Å². The monoisotopic (exact) mass is 201 g/mol. The van der Waals surface area contributed by atoms with Crippen LogP contribution in [-0.4, -0.2) is 12.5 Å². The fourth-order valence-corrected chi connectivity index (χ4v) is 1.04. The van der Waals surface area contributed by atoms with Crippen LogP contribution in [0.3, 0.4) is 0 Å². The number of halogens is 6. The minimum atomic E-state index is -8.12. The van der Waals surface area contributed by atoms with Gasteiger partial charge < -0.3 is 0 Å². The Morgan fingerprint density at radius 3 is 1.64 bits per heavy atom. The van der Waals surface area contributed by atoms with Crippen LogP contribution < -0.4 is 5.09 Å². The maximum atomic E-state index is 11.8. The summed E-state index contributed by atoms with van der Waals surface area (Å²) in [5.74, 6) is -6.10. The second-order valence-electron chi connectivity index (χ2n) is 1.79. The van der Waals surface area contributed by atoms with Gasteiger partial charge in [0.05, 0.1) is 0 Å². The van der Waals surface area contributed by atoms with Crippen LogP contribution in [0.4, 0.5) is 25.8 Å². The predicted octanol–water partition coefficient (Wildman–Crippen LogP) is 3.24. The van der Waals surface area contributed by atoms with Crippen molar-refractivity contribution in [3.8, 4) is 0 Å². The third-order valence-corrected chi connectivity index (χ3v) is 2.49. The molecule has 0 aliphatic heterocycles. The molecule has 0 unspecified atom stereocenters. The molecule has 0 aliphatic rings. The molecule has 0 atom stereocenters. The van der Waals surface area contributed by atoms with E-state index in [4.69, 9.17) is 0 Å². The third-order valence-electron chi connectivity index (χ3n) is 0.831. The molecule has 0 saturated heterocycles. The minimum absolute atomic E-state index is 0.544. The first-order chi connectivity index (χ1) is 4.59. The Morgan fingerprint density at radius 1 is 1.18 bits per heavy atom. The zero-order chi connectivity index (χ0) is 9.36. The number of alkyl halides is 3. The van der Waals surface area contributed by atoms with Gasteiger partial charge in [-0.25, -0.2) is 0 Å². The molecule has 0 aliphatic carbocycles. The van der Waals surface area contributed by atoms with Crippen LogP contribution >= 0.6 is 7.69 Å². The summed E-state index contributed by atoms with van der Waals surface area (Å²) in [6.07, 6.45) is 0. The van der Waals surface area contributed by atoms with Gasteiger partial charge in [-0.3, -0.25) is 0 Å². The molecular weight excluding hydrogens is 195 g/mol. The molecule has 1 N–H and O–H groups in total. The molecule has 0 radical (unpaired) electrons. The molecule has 1 nitrogen and oxygen atoms in total. The van der Waals surface area contributed by atoms with Crippen molar-refractivity contribution >= 4 is 7.69 Å². The molecular formula is C3H6F6NP.